The predicted molar refractivity (Wildman–Crippen MR) is 137 cm³/mol. The Bertz CT molecular complexity index is 1470. The first-order valence-electron chi connectivity index (χ1n) is 12.4. The van der Waals surface area contributed by atoms with Gasteiger partial charge in [-0.25, -0.2) is 0 Å². The molecule has 2 amide bonds. The van der Waals surface area contributed by atoms with E-state index in [1.165, 1.54) is 12.1 Å². The van der Waals surface area contributed by atoms with Crippen molar-refractivity contribution in [2.75, 3.05) is 37.9 Å². The van der Waals surface area contributed by atoms with E-state index in [1.807, 2.05) is 12.1 Å². The normalized spacial score (nSPS) is 17.2. The lowest BCUT2D eigenvalue weighted by Gasteiger charge is -2.36. The van der Waals surface area contributed by atoms with E-state index in [0.29, 0.717) is 60.5 Å². The number of rotatable bonds is 5. The first-order chi connectivity index (χ1) is 18.7. The number of ether oxygens (including phenoxy) is 2. The van der Waals surface area contributed by atoms with Crippen LogP contribution in [0.4, 0.5) is 18.9 Å². The van der Waals surface area contributed by atoms with Crippen molar-refractivity contribution in [1.29, 1.82) is 0 Å². The quantitative estimate of drug-likeness (QED) is 0.402. The Labute approximate surface area is 227 Å². The molecule has 0 radical (unpaired) electrons. The molecule has 39 heavy (non-hydrogen) atoms. The van der Waals surface area contributed by atoms with Crippen LogP contribution in [0.15, 0.2) is 54.6 Å². The number of nitrogens with zero attached hydrogens (tertiary/aromatic N) is 3. The van der Waals surface area contributed by atoms with Gasteiger partial charge >= 0.3 is 6.18 Å². The molecular formula is C28H23ClF3N3O4. The maximum atomic E-state index is 13.4. The molecule has 3 heterocycles. The Kier molecular flexibility index (Phi) is 6.39. The van der Waals surface area contributed by atoms with Gasteiger partial charge in [0.15, 0.2) is 11.5 Å². The molecule has 0 atom stereocenters. The van der Waals surface area contributed by atoms with Gasteiger partial charge in [-0.05, 0) is 41.5 Å². The Morgan fingerprint density at radius 1 is 0.846 bits per heavy atom. The second-order valence-electron chi connectivity index (χ2n) is 9.65. The molecular weight excluding hydrogens is 535 g/mol. The van der Waals surface area contributed by atoms with E-state index in [0.717, 1.165) is 22.6 Å². The summed E-state index contributed by atoms with van der Waals surface area (Å²) in [5.74, 6) is 0.293. The third-order valence-electron chi connectivity index (χ3n) is 7.22. The highest BCUT2D eigenvalue weighted by Crippen LogP contribution is 2.38. The molecule has 0 bridgehead atoms. The van der Waals surface area contributed by atoms with Gasteiger partial charge in [-0.1, -0.05) is 29.8 Å². The number of benzene rings is 3. The first kappa shape index (κ1) is 25.5. The number of alkyl halides is 3. The lowest BCUT2D eigenvalue weighted by molar-refractivity contribution is -0.137. The molecule has 0 saturated carbocycles. The minimum atomic E-state index is -4.51. The van der Waals surface area contributed by atoms with Gasteiger partial charge in [-0.3, -0.25) is 19.4 Å². The summed E-state index contributed by atoms with van der Waals surface area (Å²) < 4.78 is 50.3. The number of amides is 2. The summed E-state index contributed by atoms with van der Waals surface area (Å²) in [4.78, 5) is 31.8. The summed E-state index contributed by atoms with van der Waals surface area (Å²) in [5, 5.41) is 0.604. The number of carbonyl (C=O) groups excluding carboxylic acids is 2. The maximum Gasteiger partial charge on any atom is 0.416 e. The number of hydrogen-bond acceptors (Lipinski definition) is 6. The van der Waals surface area contributed by atoms with E-state index in [1.54, 1.807) is 18.2 Å². The summed E-state index contributed by atoms with van der Waals surface area (Å²) in [5.41, 5.74) is 1.55. The highest BCUT2D eigenvalue weighted by Gasteiger charge is 2.39. The second kappa shape index (κ2) is 9.77. The Balaban J connectivity index is 1.16. The smallest absolute Gasteiger partial charge is 0.416 e. The van der Waals surface area contributed by atoms with E-state index in [9.17, 15) is 22.8 Å². The molecule has 202 valence electrons. The summed E-state index contributed by atoms with van der Waals surface area (Å²) in [6.45, 7) is 3.20. The van der Waals surface area contributed by atoms with Crippen molar-refractivity contribution in [1.82, 2.24) is 9.80 Å². The molecule has 1 fully saturated rings. The third kappa shape index (κ3) is 4.79. The molecule has 6 rings (SSSR count). The standard InChI is InChI=1S/C28H23ClF3N3O4/c29-21-13-24-23(38-16-39-24)12-18(21)15-33-7-9-34(10-8-33)22-6-2-5-20-25(22)27(37)35(26(20)36)14-17-3-1-4-19(11-17)28(30,31)32/h1-6,11-13H,7-10,14-16H2. The highest BCUT2D eigenvalue weighted by atomic mass is 35.5. The molecule has 3 aromatic rings. The minimum absolute atomic E-state index is 0.174. The molecule has 3 aliphatic rings. The van der Waals surface area contributed by atoms with Gasteiger partial charge in [0, 0.05) is 43.8 Å². The number of anilines is 1. The highest BCUT2D eigenvalue weighted by molar-refractivity contribution is 6.31. The van der Waals surface area contributed by atoms with Crippen molar-refractivity contribution < 1.29 is 32.2 Å². The lowest BCUT2D eigenvalue weighted by Crippen LogP contribution is -2.46. The zero-order valence-electron chi connectivity index (χ0n) is 20.6. The second-order valence-corrected chi connectivity index (χ2v) is 10.1. The topological polar surface area (TPSA) is 62.3 Å². The molecule has 0 aromatic heterocycles. The van der Waals surface area contributed by atoms with Gasteiger partial charge < -0.3 is 14.4 Å². The average molecular weight is 558 g/mol. The SMILES string of the molecule is O=C1c2cccc(N3CCN(Cc4cc5c(cc4Cl)OCO5)CC3)c2C(=O)N1Cc1cccc(C(F)(F)F)c1. The average Bonchev–Trinajstić information content (AvgIpc) is 3.47. The summed E-state index contributed by atoms with van der Waals surface area (Å²) in [7, 11) is 0. The molecule has 0 unspecified atom stereocenters. The molecule has 0 N–H and O–H groups in total. The van der Waals surface area contributed by atoms with Crippen LogP contribution in [-0.4, -0.2) is 54.6 Å². The van der Waals surface area contributed by atoms with Crippen molar-refractivity contribution in [2.45, 2.75) is 19.3 Å². The van der Waals surface area contributed by atoms with Crippen LogP contribution in [0.25, 0.3) is 0 Å². The lowest BCUT2D eigenvalue weighted by atomic mass is 10.1. The van der Waals surface area contributed by atoms with Crippen LogP contribution in [0, 0.1) is 0 Å². The summed E-state index contributed by atoms with van der Waals surface area (Å²) in [6, 6.07) is 13.5. The van der Waals surface area contributed by atoms with E-state index in [-0.39, 0.29) is 24.5 Å². The monoisotopic (exact) mass is 557 g/mol. The molecule has 0 aliphatic carbocycles. The van der Waals surface area contributed by atoms with Crippen molar-refractivity contribution in [3.8, 4) is 11.5 Å². The van der Waals surface area contributed by atoms with Gasteiger partial charge in [-0.15, -0.1) is 0 Å². The van der Waals surface area contributed by atoms with Crippen molar-refractivity contribution in [3.05, 3.63) is 87.4 Å². The van der Waals surface area contributed by atoms with Crippen molar-refractivity contribution >= 4 is 29.1 Å². The number of imide groups is 1. The summed E-state index contributed by atoms with van der Waals surface area (Å²) in [6.07, 6.45) is -4.51. The molecule has 3 aromatic carbocycles. The van der Waals surface area contributed by atoms with Gasteiger partial charge in [-0.2, -0.15) is 13.2 Å². The largest absolute Gasteiger partial charge is 0.454 e. The Hall–Kier alpha value is -3.76. The fourth-order valence-corrected chi connectivity index (χ4v) is 5.43. The van der Waals surface area contributed by atoms with Crippen LogP contribution in [0.2, 0.25) is 5.02 Å². The molecule has 1 saturated heterocycles. The van der Waals surface area contributed by atoms with Gasteiger partial charge in [0.1, 0.15) is 0 Å². The van der Waals surface area contributed by atoms with Gasteiger partial charge in [0.2, 0.25) is 6.79 Å². The van der Waals surface area contributed by atoms with Crippen LogP contribution in [-0.2, 0) is 19.3 Å². The van der Waals surface area contributed by atoms with Gasteiger partial charge in [0.05, 0.1) is 28.9 Å². The molecule has 0 spiro atoms. The third-order valence-corrected chi connectivity index (χ3v) is 7.57. The van der Waals surface area contributed by atoms with E-state index in [2.05, 4.69) is 9.80 Å². The summed E-state index contributed by atoms with van der Waals surface area (Å²) >= 11 is 6.45. The van der Waals surface area contributed by atoms with E-state index >= 15 is 0 Å². The molecule has 11 heteroatoms. The van der Waals surface area contributed by atoms with Gasteiger partial charge in [0.25, 0.3) is 11.8 Å². The number of fused-ring (bicyclic) bond motifs is 2. The number of hydrogen-bond donors (Lipinski definition) is 0. The number of piperazine rings is 1. The Morgan fingerprint density at radius 3 is 2.31 bits per heavy atom. The maximum absolute atomic E-state index is 13.4. The Morgan fingerprint density at radius 2 is 1.56 bits per heavy atom. The fourth-order valence-electron chi connectivity index (χ4n) is 5.22. The van der Waals surface area contributed by atoms with Crippen LogP contribution in [0.5, 0.6) is 11.5 Å². The van der Waals surface area contributed by atoms with E-state index < -0.39 is 23.6 Å². The van der Waals surface area contributed by atoms with Crippen LogP contribution in [0.3, 0.4) is 0 Å². The zero-order valence-corrected chi connectivity index (χ0v) is 21.4. The van der Waals surface area contributed by atoms with Crippen LogP contribution >= 0.6 is 11.6 Å². The molecule has 7 nitrogen and oxygen atoms in total. The van der Waals surface area contributed by atoms with Crippen molar-refractivity contribution in [3.63, 3.8) is 0 Å². The number of halogens is 4. The van der Waals surface area contributed by atoms with Crippen LogP contribution < -0.4 is 14.4 Å². The van der Waals surface area contributed by atoms with Crippen LogP contribution in [0.1, 0.15) is 37.4 Å². The fraction of sp³-hybridized carbons (Fsp3) is 0.286. The molecule has 3 aliphatic heterocycles. The number of carbonyl (C=O) groups is 2. The minimum Gasteiger partial charge on any atom is -0.454 e. The first-order valence-corrected chi connectivity index (χ1v) is 12.8. The van der Waals surface area contributed by atoms with Crippen molar-refractivity contribution in [2.24, 2.45) is 0 Å². The van der Waals surface area contributed by atoms with E-state index in [4.69, 9.17) is 21.1 Å². The zero-order chi connectivity index (χ0) is 27.3. The predicted octanol–water partition coefficient (Wildman–Crippen LogP) is 5.21.